The van der Waals surface area contributed by atoms with E-state index in [1.165, 1.54) is 0 Å². The first-order valence-corrected chi connectivity index (χ1v) is 6.85. The number of hydrogen-bond donors (Lipinski definition) is 2. The number of carbonyl (C=O) groups excluding carboxylic acids is 1. The Morgan fingerprint density at radius 1 is 1.37 bits per heavy atom. The van der Waals surface area contributed by atoms with Crippen molar-refractivity contribution in [1.29, 1.82) is 0 Å². The van der Waals surface area contributed by atoms with Crippen LogP contribution in [0.25, 0.3) is 0 Å². The van der Waals surface area contributed by atoms with E-state index in [9.17, 15) is 14.7 Å². The predicted octanol–water partition coefficient (Wildman–Crippen LogP) is 0.462. The molecule has 3 unspecified atom stereocenters. The molecule has 6 heteroatoms. The molecule has 0 aromatic carbocycles. The molecule has 0 radical (unpaired) electrons. The van der Waals surface area contributed by atoms with Gasteiger partial charge >= 0.3 is 12.0 Å². The summed E-state index contributed by atoms with van der Waals surface area (Å²) in [6.07, 6.45) is 0.916. The van der Waals surface area contributed by atoms with Crippen molar-refractivity contribution in [3.63, 3.8) is 0 Å². The van der Waals surface area contributed by atoms with E-state index in [4.69, 9.17) is 5.11 Å². The minimum Gasteiger partial charge on any atom is -0.481 e. The second kappa shape index (κ2) is 5.36. The summed E-state index contributed by atoms with van der Waals surface area (Å²) in [4.78, 5) is 26.5. The Kier molecular flexibility index (Phi) is 3.99. The third-order valence-corrected chi connectivity index (χ3v) is 4.59. The second-order valence-electron chi connectivity index (χ2n) is 5.78. The van der Waals surface area contributed by atoms with Gasteiger partial charge in [-0.05, 0) is 12.3 Å². The molecular formula is C13H22N2O4. The number of likely N-dealkylation sites (tertiary alicyclic amines) is 2. The van der Waals surface area contributed by atoms with E-state index in [2.05, 4.69) is 0 Å². The van der Waals surface area contributed by atoms with E-state index in [1.54, 1.807) is 16.7 Å². The zero-order valence-electron chi connectivity index (χ0n) is 11.5. The molecule has 6 nitrogen and oxygen atoms in total. The summed E-state index contributed by atoms with van der Waals surface area (Å²) < 4.78 is 0. The monoisotopic (exact) mass is 270 g/mol. The number of hydrogen-bond acceptors (Lipinski definition) is 3. The molecule has 2 fully saturated rings. The smallest absolute Gasteiger partial charge is 0.320 e. The minimum absolute atomic E-state index is 0.00426. The highest BCUT2D eigenvalue weighted by Crippen LogP contribution is 2.29. The highest BCUT2D eigenvalue weighted by Gasteiger charge is 2.42. The van der Waals surface area contributed by atoms with Crippen LogP contribution in [0, 0.1) is 17.8 Å². The van der Waals surface area contributed by atoms with Crippen molar-refractivity contribution in [2.45, 2.75) is 26.3 Å². The normalized spacial score (nSPS) is 29.2. The molecule has 0 aromatic heterocycles. The average Bonchev–Trinajstić information content (AvgIpc) is 2.67. The molecule has 0 bridgehead atoms. The largest absolute Gasteiger partial charge is 0.481 e. The molecule has 3 atom stereocenters. The number of aliphatic carboxylic acids is 1. The van der Waals surface area contributed by atoms with Crippen molar-refractivity contribution in [2.24, 2.45) is 17.8 Å². The van der Waals surface area contributed by atoms with Crippen LogP contribution in [0.2, 0.25) is 0 Å². The number of aliphatic hydroxyl groups excluding tert-OH is 1. The van der Waals surface area contributed by atoms with E-state index in [1.807, 2.05) is 6.92 Å². The fraction of sp³-hybridized carbons (Fsp3) is 0.846. The van der Waals surface area contributed by atoms with Crippen LogP contribution in [0.1, 0.15) is 20.3 Å². The van der Waals surface area contributed by atoms with Gasteiger partial charge in [-0.3, -0.25) is 4.79 Å². The molecule has 0 saturated carbocycles. The fourth-order valence-electron chi connectivity index (χ4n) is 2.89. The number of carbonyl (C=O) groups is 2. The lowest BCUT2D eigenvalue weighted by Gasteiger charge is -2.43. The van der Waals surface area contributed by atoms with E-state index < -0.39 is 11.9 Å². The van der Waals surface area contributed by atoms with E-state index in [0.29, 0.717) is 25.6 Å². The quantitative estimate of drug-likeness (QED) is 0.780. The Hall–Kier alpha value is -1.30. The number of urea groups is 1. The zero-order valence-corrected chi connectivity index (χ0v) is 11.5. The van der Waals surface area contributed by atoms with Gasteiger partial charge in [-0.15, -0.1) is 0 Å². The van der Waals surface area contributed by atoms with Gasteiger partial charge in [0.15, 0.2) is 0 Å². The lowest BCUT2D eigenvalue weighted by atomic mass is 9.87. The standard InChI is InChI=1S/C13H22N2O4/c1-8-3-4-15(11(8)7-16)13(19)14-5-10(6-14)9(2)12(17)18/h8-11,16H,3-7H2,1-2H3,(H,17,18). The summed E-state index contributed by atoms with van der Waals surface area (Å²) in [5.41, 5.74) is 0. The summed E-state index contributed by atoms with van der Waals surface area (Å²) in [6, 6.07) is -0.152. The molecule has 2 aliphatic heterocycles. The van der Waals surface area contributed by atoms with Crippen molar-refractivity contribution >= 4 is 12.0 Å². The Balaban J connectivity index is 1.88. The van der Waals surface area contributed by atoms with Crippen LogP contribution in [0.4, 0.5) is 4.79 Å². The predicted molar refractivity (Wildman–Crippen MR) is 68.6 cm³/mol. The van der Waals surface area contributed by atoms with E-state index >= 15 is 0 Å². The molecule has 2 heterocycles. The molecule has 19 heavy (non-hydrogen) atoms. The summed E-state index contributed by atoms with van der Waals surface area (Å²) in [6.45, 7) is 5.42. The number of rotatable bonds is 3. The first kappa shape index (κ1) is 14.1. The topological polar surface area (TPSA) is 81.1 Å². The Morgan fingerprint density at radius 2 is 2.00 bits per heavy atom. The first-order chi connectivity index (χ1) is 8.95. The molecule has 2 aliphatic rings. The molecule has 0 aromatic rings. The van der Waals surface area contributed by atoms with Crippen LogP contribution in [0.15, 0.2) is 0 Å². The molecule has 108 valence electrons. The SMILES string of the molecule is CC1CCN(C(=O)N2CC(C(C)C(=O)O)C2)C1CO. The lowest BCUT2D eigenvalue weighted by Crippen LogP contribution is -2.58. The third kappa shape index (κ3) is 2.54. The fourth-order valence-corrected chi connectivity index (χ4v) is 2.89. The lowest BCUT2D eigenvalue weighted by molar-refractivity contribution is -0.144. The van der Waals surface area contributed by atoms with Gasteiger partial charge < -0.3 is 20.0 Å². The summed E-state index contributed by atoms with van der Waals surface area (Å²) >= 11 is 0. The first-order valence-electron chi connectivity index (χ1n) is 6.85. The van der Waals surface area contributed by atoms with Crippen LogP contribution in [0.3, 0.4) is 0 Å². The van der Waals surface area contributed by atoms with Crippen LogP contribution >= 0.6 is 0 Å². The van der Waals surface area contributed by atoms with Crippen molar-refractivity contribution in [3.05, 3.63) is 0 Å². The van der Waals surface area contributed by atoms with Crippen molar-refractivity contribution in [1.82, 2.24) is 9.80 Å². The molecule has 0 aliphatic carbocycles. The van der Waals surface area contributed by atoms with E-state index in [-0.39, 0.29) is 24.6 Å². The van der Waals surface area contributed by atoms with Gasteiger partial charge in [0.2, 0.25) is 0 Å². The maximum atomic E-state index is 12.3. The van der Waals surface area contributed by atoms with Crippen molar-refractivity contribution < 1.29 is 19.8 Å². The van der Waals surface area contributed by atoms with Gasteiger partial charge in [0.25, 0.3) is 0 Å². The number of carboxylic acids is 1. The highest BCUT2D eigenvalue weighted by molar-refractivity contribution is 5.77. The van der Waals surface area contributed by atoms with Crippen LogP contribution < -0.4 is 0 Å². The summed E-state index contributed by atoms with van der Waals surface area (Å²) in [5.74, 6) is -0.840. The van der Waals surface area contributed by atoms with Crippen molar-refractivity contribution in [3.8, 4) is 0 Å². The number of carboxylic acid groups (broad SMARTS) is 1. The van der Waals surface area contributed by atoms with Gasteiger partial charge in [-0.25, -0.2) is 4.79 Å². The molecule has 2 N–H and O–H groups in total. The Labute approximate surface area is 113 Å². The third-order valence-electron chi connectivity index (χ3n) is 4.59. The Bertz CT molecular complexity index is 368. The molecule has 2 amide bonds. The van der Waals surface area contributed by atoms with Gasteiger partial charge in [0, 0.05) is 25.6 Å². The van der Waals surface area contributed by atoms with Gasteiger partial charge in [0.05, 0.1) is 18.6 Å². The number of amides is 2. The second-order valence-corrected chi connectivity index (χ2v) is 5.78. The van der Waals surface area contributed by atoms with E-state index in [0.717, 1.165) is 6.42 Å². The van der Waals surface area contributed by atoms with Crippen LogP contribution in [-0.4, -0.2) is 64.3 Å². The van der Waals surface area contributed by atoms with Crippen molar-refractivity contribution in [2.75, 3.05) is 26.2 Å². The number of nitrogens with zero attached hydrogens (tertiary/aromatic N) is 2. The van der Waals surface area contributed by atoms with Crippen LogP contribution in [-0.2, 0) is 4.79 Å². The highest BCUT2D eigenvalue weighted by atomic mass is 16.4. The molecular weight excluding hydrogens is 248 g/mol. The van der Waals surface area contributed by atoms with Gasteiger partial charge in [0.1, 0.15) is 0 Å². The molecule has 2 rings (SSSR count). The summed E-state index contributed by atoms with van der Waals surface area (Å²) in [5, 5.41) is 18.3. The zero-order chi connectivity index (χ0) is 14.2. The maximum Gasteiger partial charge on any atom is 0.320 e. The maximum absolute atomic E-state index is 12.3. The summed E-state index contributed by atoms with van der Waals surface area (Å²) in [7, 11) is 0. The Morgan fingerprint density at radius 3 is 2.53 bits per heavy atom. The minimum atomic E-state index is -0.805. The molecule has 0 spiro atoms. The van der Waals surface area contributed by atoms with Crippen LogP contribution in [0.5, 0.6) is 0 Å². The van der Waals surface area contributed by atoms with Gasteiger partial charge in [-0.1, -0.05) is 13.8 Å². The van der Waals surface area contributed by atoms with Gasteiger partial charge in [-0.2, -0.15) is 0 Å². The molecule has 2 saturated heterocycles. The number of aliphatic hydroxyl groups is 1. The average molecular weight is 270 g/mol.